The van der Waals surface area contributed by atoms with Crippen molar-refractivity contribution < 1.29 is 9.59 Å². The number of hydrogen-bond acceptors (Lipinski definition) is 7. The van der Waals surface area contributed by atoms with E-state index in [1.165, 1.54) is 41.2 Å². The van der Waals surface area contributed by atoms with Gasteiger partial charge in [0.15, 0.2) is 0 Å². The number of anilines is 1. The van der Waals surface area contributed by atoms with Gasteiger partial charge in [0.2, 0.25) is 0 Å². The van der Waals surface area contributed by atoms with E-state index in [0.717, 1.165) is 29.7 Å². The molecular formula is C28H33IN7O2PS. The molecule has 3 fully saturated rings. The average Bonchev–Trinajstić information content (AvgIpc) is 3.54. The number of nitrogens with zero attached hydrogens (tertiary/aromatic N) is 6. The Bertz CT molecular complexity index is 1510. The number of likely N-dealkylation sites (tertiary alicyclic amines) is 2. The van der Waals surface area contributed by atoms with Crippen LogP contribution in [0.2, 0.25) is 0 Å². The lowest BCUT2D eigenvalue weighted by atomic mass is 9.58. The lowest BCUT2D eigenvalue weighted by Crippen LogP contribution is -2.59. The molecule has 3 aliphatic rings. The van der Waals surface area contributed by atoms with Crippen LogP contribution < -0.4 is 5.32 Å². The molecule has 40 heavy (non-hydrogen) atoms. The number of para-hydroxylation sites is 1. The SMILES string of the molecule is CC1CCCN(C(=O)C(=O)Nc2cncc3cnn(PI)c23)C1.CN1CC2(CC(c3nc4ccccc4s3)C2)C1. The molecule has 2 atom stereocenters. The van der Waals surface area contributed by atoms with E-state index in [1.807, 2.05) is 11.3 Å². The van der Waals surface area contributed by atoms with Gasteiger partial charge in [0.1, 0.15) is 0 Å². The van der Waals surface area contributed by atoms with Crippen molar-refractivity contribution in [3.63, 3.8) is 0 Å². The van der Waals surface area contributed by atoms with E-state index < -0.39 is 11.8 Å². The van der Waals surface area contributed by atoms with Crippen molar-refractivity contribution in [2.24, 2.45) is 11.3 Å². The fourth-order valence-corrected chi connectivity index (χ4v) is 9.01. The second-order valence-electron chi connectivity index (χ2n) is 11.5. The van der Waals surface area contributed by atoms with E-state index in [0.29, 0.717) is 36.5 Å². The number of amides is 2. The first-order valence-electron chi connectivity index (χ1n) is 13.7. The quantitative estimate of drug-likeness (QED) is 0.173. The molecule has 5 heterocycles. The number of nitrogens with one attached hydrogen (secondary N) is 1. The third kappa shape index (κ3) is 5.62. The van der Waals surface area contributed by atoms with Crippen molar-refractivity contribution in [1.29, 1.82) is 0 Å². The van der Waals surface area contributed by atoms with E-state index in [2.05, 4.69) is 80.6 Å². The van der Waals surface area contributed by atoms with Gasteiger partial charge in [-0.05, 0) is 78.2 Å². The predicted molar refractivity (Wildman–Crippen MR) is 170 cm³/mol. The molecule has 4 aromatic rings. The summed E-state index contributed by atoms with van der Waals surface area (Å²) < 4.78 is 3.13. The number of thiazole rings is 1. The molecular weight excluding hydrogens is 656 g/mol. The van der Waals surface area contributed by atoms with Crippen molar-refractivity contribution in [3.8, 4) is 0 Å². The summed E-state index contributed by atoms with van der Waals surface area (Å²) in [5.74, 6) is 0.0860. The highest BCUT2D eigenvalue weighted by Gasteiger charge is 2.52. The van der Waals surface area contributed by atoms with Gasteiger partial charge in [-0.1, -0.05) is 19.1 Å². The van der Waals surface area contributed by atoms with E-state index in [4.69, 9.17) is 4.98 Å². The Morgan fingerprint density at radius 2 is 1.98 bits per heavy atom. The third-order valence-corrected chi connectivity index (χ3v) is 11.2. The first-order chi connectivity index (χ1) is 19.3. The number of rotatable bonds is 3. The van der Waals surface area contributed by atoms with Crippen LogP contribution in [0.1, 0.15) is 43.5 Å². The second-order valence-corrected chi connectivity index (χ2v) is 14.6. The van der Waals surface area contributed by atoms with Crippen LogP contribution in [0.5, 0.6) is 0 Å². The molecule has 7 rings (SSSR count). The molecule has 0 bridgehead atoms. The number of carbonyl (C=O) groups excluding carboxylic acids is 2. The van der Waals surface area contributed by atoms with Crippen LogP contribution in [0.3, 0.4) is 0 Å². The summed E-state index contributed by atoms with van der Waals surface area (Å²) in [6, 6.07) is 8.49. The van der Waals surface area contributed by atoms with Crippen LogP contribution in [0.25, 0.3) is 21.1 Å². The molecule has 1 spiro atoms. The smallest absolute Gasteiger partial charge is 0.314 e. The van der Waals surface area contributed by atoms with Crippen molar-refractivity contribution in [3.05, 3.63) is 47.9 Å². The first kappa shape index (κ1) is 27.9. The first-order valence-corrected chi connectivity index (χ1v) is 18.5. The summed E-state index contributed by atoms with van der Waals surface area (Å²) in [7, 11) is 2.22. The third-order valence-electron chi connectivity index (χ3n) is 8.17. The maximum atomic E-state index is 12.3. The lowest BCUT2D eigenvalue weighted by Gasteiger charge is -2.58. The molecule has 0 radical (unpaired) electrons. The topological polar surface area (TPSA) is 96.2 Å². The molecule has 1 aliphatic carbocycles. The summed E-state index contributed by atoms with van der Waals surface area (Å²) in [6.07, 6.45) is 10.1. The minimum atomic E-state index is -0.613. The molecule has 2 unspecified atom stereocenters. The Kier molecular flexibility index (Phi) is 8.09. The van der Waals surface area contributed by atoms with Gasteiger partial charge in [-0.3, -0.25) is 14.6 Å². The van der Waals surface area contributed by atoms with Gasteiger partial charge in [0.25, 0.3) is 0 Å². The highest BCUT2D eigenvalue weighted by molar-refractivity contribution is 14.2. The lowest BCUT2D eigenvalue weighted by molar-refractivity contribution is -0.144. The Morgan fingerprint density at radius 3 is 2.70 bits per heavy atom. The Balaban J connectivity index is 0.000000150. The number of piperidine rings is 1. The average molecular weight is 690 g/mol. The summed E-state index contributed by atoms with van der Waals surface area (Å²) >= 11 is 4.11. The van der Waals surface area contributed by atoms with Crippen molar-refractivity contribution in [2.45, 2.75) is 38.5 Å². The number of benzene rings is 1. The minimum Gasteiger partial charge on any atom is -0.334 e. The number of carbonyl (C=O) groups is 2. The largest absolute Gasteiger partial charge is 0.334 e. The normalized spacial score (nSPS) is 20.9. The van der Waals surface area contributed by atoms with Crippen LogP contribution in [0.4, 0.5) is 5.69 Å². The number of aromatic nitrogens is 4. The number of hydrogen-bond donors (Lipinski definition) is 1. The van der Waals surface area contributed by atoms with Crippen molar-refractivity contribution >= 4 is 78.4 Å². The predicted octanol–water partition coefficient (Wildman–Crippen LogP) is 5.53. The molecule has 2 aliphatic heterocycles. The van der Waals surface area contributed by atoms with Crippen LogP contribution in [0.15, 0.2) is 42.9 Å². The molecule has 210 valence electrons. The number of pyridine rings is 1. The maximum absolute atomic E-state index is 12.3. The second kappa shape index (κ2) is 11.6. The van der Waals surface area contributed by atoms with Crippen molar-refractivity contribution in [2.75, 3.05) is 38.5 Å². The summed E-state index contributed by atoms with van der Waals surface area (Å²) in [4.78, 5) is 37.6. The zero-order valence-electron chi connectivity index (χ0n) is 22.6. The van der Waals surface area contributed by atoms with Gasteiger partial charge in [-0.25, -0.2) is 9.44 Å². The maximum Gasteiger partial charge on any atom is 0.314 e. The van der Waals surface area contributed by atoms with Gasteiger partial charge >= 0.3 is 11.8 Å². The van der Waals surface area contributed by atoms with Crippen molar-refractivity contribution in [1.82, 2.24) is 29.3 Å². The van der Waals surface area contributed by atoms with Crippen LogP contribution in [0, 0.1) is 11.3 Å². The zero-order chi connectivity index (χ0) is 27.9. The highest BCUT2D eigenvalue weighted by atomic mass is 127. The van der Waals surface area contributed by atoms with E-state index in [-0.39, 0.29) is 0 Å². The molecule has 12 heteroatoms. The molecule has 2 saturated heterocycles. The Morgan fingerprint density at radius 1 is 1.18 bits per heavy atom. The van der Waals surface area contributed by atoms with Crippen LogP contribution in [-0.2, 0) is 9.59 Å². The molecule has 1 N–H and O–H groups in total. The molecule has 1 aromatic carbocycles. The zero-order valence-corrected chi connectivity index (χ0v) is 26.6. The summed E-state index contributed by atoms with van der Waals surface area (Å²) in [5, 5.41) is 9.17. The summed E-state index contributed by atoms with van der Waals surface area (Å²) in [5.41, 5.74) is 3.16. The highest BCUT2D eigenvalue weighted by Crippen LogP contribution is 2.56. The number of fused-ring (bicyclic) bond motifs is 2. The van der Waals surface area contributed by atoms with Crippen LogP contribution >= 0.6 is 39.8 Å². The van der Waals surface area contributed by atoms with Gasteiger partial charge in [-0.15, -0.1) is 11.3 Å². The standard InChI is InChI=1S/C14H17IN5O2P.C14H16N2S/c1-9-3-2-4-19(8-9)14(22)13(21)18-11-7-16-5-10-6-17-20(23-15)12(10)11;1-16-8-14(9-16)6-10(7-14)13-15-11-4-2-3-5-12(11)17-13/h5-7,9,23H,2-4,8H2,1H3,(H,18,21);2-5,10H,6-9H2,1H3. The van der Waals surface area contributed by atoms with Crippen LogP contribution in [-0.4, -0.2) is 74.4 Å². The minimum absolute atomic E-state index is 0.398. The fourth-order valence-electron chi connectivity index (χ4n) is 6.41. The molecule has 1 saturated carbocycles. The van der Waals surface area contributed by atoms with E-state index >= 15 is 0 Å². The molecule has 3 aromatic heterocycles. The van der Waals surface area contributed by atoms with Gasteiger partial charge in [0, 0.05) is 43.7 Å². The van der Waals surface area contributed by atoms with E-state index in [1.54, 1.807) is 27.9 Å². The summed E-state index contributed by atoms with van der Waals surface area (Å²) in [6.45, 7) is 5.98. The molecule has 2 amide bonds. The number of halogens is 1. The Labute approximate surface area is 252 Å². The van der Waals surface area contributed by atoms with Gasteiger partial charge < -0.3 is 15.1 Å². The fraction of sp³-hybridized carbons (Fsp3) is 0.464. The van der Waals surface area contributed by atoms with Gasteiger partial charge in [0.05, 0.1) is 45.2 Å². The van der Waals surface area contributed by atoms with E-state index in [9.17, 15) is 9.59 Å². The monoisotopic (exact) mass is 689 g/mol. The van der Waals surface area contributed by atoms with Gasteiger partial charge in [-0.2, -0.15) is 5.10 Å². The molecule has 9 nitrogen and oxygen atoms in total. The Hall–Kier alpha value is -2.21.